The van der Waals surface area contributed by atoms with Crippen LogP contribution in [0.4, 0.5) is 0 Å². The predicted molar refractivity (Wildman–Crippen MR) is 187 cm³/mol. The van der Waals surface area contributed by atoms with Crippen LogP contribution < -0.4 is 9.30 Å². The average molecular weight is 636 g/mol. The summed E-state index contributed by atoms with van der Waals surface area (Å²) in [6, 6.07) is 19.2. The van der Waals surface area contributed by atoms with Gasteiger partial charge in [0.2, 0.25) is 10.0 Å². The van der Waals surface area contributed by atoms with Crippen molar-refractivity contribution in [2.45, 2.75) is 135 Å². The number of hydrogen-bond acceptors (Lipinski definition) is 3. The van der Waals surface area contributed by atoms with Crippen molar-refractivity contribution >= 4 is 10.0 Å². The number of hydrogen-bond donors (Lipinski definition) is 0. The molecule has 0 bridgehead atoms. The zero-order valence-electron chi connectivity index (χ0n) is 29.0. The Hall–Kier alpha value is -2.70. The molecular formula is C39H59N2O3S+. The van der Waals surface area contributed by atoms with Gasteiger partial charge in [-0.05, 0) is 48.1 Å². The third-order valence-corrected chi connectivity index (χ3v) is 10.4. The Morgan fingerprint density at radius 2 is 1.36 bits per heavy atom. The first-order valence-corrected chi connectivity index (χ1v) is 18.7. The molecule has 0 atom stereocenters. The van der Waals surface area contributed by atoms with Crippen molar-refractivity contribution in [2.24, 2.45) is 7.05 Å². The van der Waals surface area contributed by atoms with Crippen LogP contribution in [-0.4, -0.2) is 19.3 Å². The number of unbranched alkanes of at least 4 members (excludes halogenated alkanes) is 11. The summed E-state index contributed by atoms with van der Waals surface area (Å²) < 4.78 is 37.8. The number of pyridine rings is 1. The van der Waals surface area contributed by atoms with Gasteiger partial charge in [-0.25, -0.2) is 13.0 Å². The van der Waals surface area contributed by atoms with Gasteiger partial charge in [-0.2, -0.15) is 4.31 Å². The Morgan fingerprint density at radius 3 is 1.93 bits per heavy atom. The van der Waals surface area contributed by atoms with Crippen molar-refractivity contribution in [1.82, 2.24) is 4.31 Å². The molecule has 0 unspecified atom stereocenters. The van der Waals surface area contributed by atoms with Crippen LogP contribution in [0.25, 0.3) is 0 Å². The third kappa shape index (κ3) is 12.2. The minimum atomic E-state index is -3.74. The van der Waals surface area contributed by atoms with E-state index in [9.17, 15) is 8.42 Å². The largest absolute Gasteiger partial charge is 0.493 e. The van der Waals surface area contributed by atoms with Gasteiger partial charge in [0, 0.05) is 18.7 Å². The van der Waals surface area contributed by atoms with Crippen LogP contribution in [0.2, 0.25) is 0 Å². The molecule has 1 aromatic heterocycles. The fraction of sp³-hybridized carbons (Fsp3) is 0.564. The van der Waals surface area contributed by atoms with Crippen LogP contribution in [0.3, 0.4) is 0 Å². The van der Waals surface area contributed by atoms with Gasteiger partial charge in [0.15, 0.2) is 11.9 Å². The standard InChI is InChI=1S/C39H59N2O3S/c1-7-8-9-10-11-12-13-14-15-16-17-20-29-44-38-27-24-34(30-37(38)39(3,4)5)31-41(32-35-21-18-19-28-40(35)6)45(42,43)36-25-22-33(2)23-26-36/h18-19,21-28,30H,7-17,20,29,31-32H2,1-6H3/q+1. The second kappa shape index (κ2) is 18.4. The topological polar surface area (TPSA) is 50.5 Å². The molecule has 0 N–H and O–H groups in total. The molecular weight excluding hydrogens is 577 g/mol. The maximum atomic E-state index is 14.0. The molecule has 0 saturated heterocycles. The average Bonchev–Trinajstić information content (AvgIpc) is 3.00. The SMILES string of the molecule is CCCCCCCCCCCCCCOc1ccc(CN(Cc2cccc[n+]2C)S(=O)(=O)c2ccc(C)cc2)cc1C(C)(C)C. The quantitative estimate of drug-likeness (QED) is 0.0918. The lowest BCUT2D eigenvalue weighted by atomic mass is 9.85. The van der Waals surface area contributed by atoms with Crippen LogP contribution in [0, 0.1) is 6.92 Å². The number of benzene rings is 2. The van der Waals surface area contributed by atoms with Crippen molar-refractivity contribution in [3.8, 4) is 5.75 Å². The van der Waals surface area contributed by atoms with E-state index in [2.05, 4.69) is 33.8 Å². The zero-order chi connectivity index (χ0) is 32.7. The van der Waals surface area contributed by atoms with Gasteiger partial charge in [0.1, 0.15) is 12.8 Å². The molecule has 0 amide bonds. The molecule has 0 radical (unpaired) electrons. The fourth-order valence-corrected chi connectivity index (χ4v) is 7.10. The smallest absolute Gasteiger partial charge is 0.243 e. The van der Waals surface area contributed by atoms with Gasteiger partial charge in [-0.15, -0.1) is 0 Å². The highest BCUT2D eigenvalue weighted by molar-refractivity contribution is 7.89. The summed E-state index contributed by atoms with van der Waals surface area (Å²) in [5, 5.41) is 0. The molecule has 5 nitrogen and oxygen atoms in total. The van der Waals surface area contributed by atoms with Crippen LogP contribution in [-0.2, 0) is 35.6 Å². The Labute approximate surface area is 275 Å². The molecule has 0 aliphatic heterocycles. The highest BCUT2D eigenvalue weighted by Gasteiger charge is 2.28. The molecule has 0 aliphatic carbocycles. The summed E-state index contributed by atoms with van der Waals surface area (Å²) in [5.74, 6) is 0.900. The Bertz CT molecular complexity index is 1390. The lowest BCUT2D eigenvalue weighted by Gasteiger charge is -2.26. The Balaban J connectivity index is 1.63. The molecule has 3 rings (SSSR count). The van der Waals surface area contributed by atoms with Gasteiger partial charge in [0.05, 0.1) is 18.0 Å². The lowest BCUT2D eigenvalue weighted by molar-refractivity contribution is -0.680. The predicted octanol–water partition coefficient (Wildman–Crippen LogP) is 9.59. The number of ether oxygens (including phenoxy) is 1. The summed E-state index contributed by atoms with van der Waals surface area (Å²) in [6.07, 6.45) is 17.8. The first-order valence-electron chi connectivity index (χ1n) is 17.3. The van der Waals surface area contributed by atoms with Gasteiger partial charge in [-0.1, -0.05) is 134 Å². The highest BCUT2D eigenvalue weighted by atomic mass is 32.2. The van der Waals surface area contributed by atoms with Gasteiger partial charge >= 0.3 is 0 Å². The maximum absolute atomic E-state index is 14.0. The van der Waals surface area contributed by atoms with Crippen molar-refractivity contribution < 1.29 is 17.7 Å². The summed E-state index contributed by atoms with van der Waals surface area (Å²) in [5.41, 5.74) is 3.87. The van der Waals surface area contributed by atoms with Crippen molar-refractivity contribution in [3.05, 3.63) is 89.2 Å². The number of aromatic nitrogens is 1. The van der Waals surface area contributed by atoms with Crippen LogP contribution in [0.15, 0.2) is 71.8 Å². The van der Waals surface area contributed by atoms with Crippen LogP contribution in [0.1, 0.15) is 127 Å². The van der Waals surface area contributed by atoms with E-state index in [4.69, 9.17) is 4.74 Å². The molecule has 6 heteroatoms. The van der Waals surface area contributed by atoms with E-state index in [-0.39, 0.29) is 18.5 Å². The monoisotopic (exact) mass is 635 g/mol. The van der Waals surface area contributed by atoms with Crippen molar-refractivity contribution in [2.75, 3.05) is 6.61 Å². The van der Waals surface area contributed by atoms with Crippen LogP contribution >= 0.6 is 0 Å². The molecule has 1 heterocycles. The van der Waals surface area contributed by atoms with Gasteiger partial charge in [-0.3, -0.25) is 0 Å². The van der Waals surface area contributed by atoms with Gasteiger partial charge in [0.25, 0.3) is 0 Å². The van der Waals surface area contributed by atoms with E-state index in [1.165, 1.54) is 70.6 Å². The van der Waals surface area contributed by atoms with Crippen molar-refractivity contribution in [3.63, 3.8) is 0 Å². The summed E-state index contributed by atoms with van der Waals surface area (Å²) in [6.45, 7) is 12.1. The zero-order valence-corrected chi connectivity index (χ0v) is 29.8. The summed E-state index contributed by atoms with van der Waals surface area (Å²) in [7, 11) is -1.79. The van der Waals surface area contributed by atoms with E-state index in [1.54, 1.807) is 16.4 Å². The van der Waals surface area contributed by atoms with E-state index in [1.807, 2.05) is 67.2 Å². The molecule has 0 fully saturated rings. The fourth-order valence-electron chi connectivity index (χ4n) is 5.71. The third-order valence-electron chi connectivity index (χ3n) is 8.63. The first-order chi connectivity index (χ1) is 21.5. The Morgan fingerprint density at radius 1 is 0.756 bits per heavy atom. The maximum Gasteiger partial charge on any atom is 0.243 e. The van der Waals surface area contributed by atoms with E-state index < -0.39 is 10.0 Å². The normalized spacial score (nSPS) is 12.2. The minimum Gasteiger partial charge on any atom is -0.493 e. The lowest BCUT2D eigenvalue weighted by Crippen LogP contribution is -2.39. The van der Waals surface area contributed by atoms with Crippen LogP contribution in [0.5, 0.6) is 5.75 Å². The van der Waals surface area contributed by atoms with E-state index in [0.717, 1.165) is 34.6 Å². The first kappa shape index (κ1) is 36.8. The number of sulfonamides is 1. The van der Waals surface area contributed by atoms with E-state index >= 15 is 0 Å². The van der Waals surface area contributed by atoms with Crippen molar-refractivity contribution in [1.29, 1.82) is 0 Å². The molecule has 0 saturated carbocycles. The molecule has 2 aromatic carbocycles. The second-order valence-corrected chi connectivity index (χ2v) is 15.6. The molecule has 0 spiro atoms. The summed E-state index contributed by atoms with van der Waals surface area (Å²) >= 11 is 0. The summed E-state index contributed by atoms with van der Waals surface area (Å²) in [4.78, 5) is 0.310. The number of aryl methyl sites for hydroxylation is 2. The molecule has 0 aliphatic rings. The second-order valence-electron chi connectivity index (χ2n) is 13.7. The highest BCUT2D eigenvalue weighted by Crippen LogP contribution is 2.33. The Kier molecular flexibility index (Phi) is 15.1. The molecule has 45 heavy (non-hydrogen) atoms. The number of rotatable bonds is 20. The van der Waals surface area contributed by atoms with Gasteiger partial charge < -0.3 is 4.74 Å². The molecule has 3 aromatic rings. The molecule has 248 valence electrons. The van der Waals surface area contributed by atoms with E-state index in [0.29, 0.717) is 11.5 Å². The minimum absolute atomic E-state index is 0.144. The number of nitrogens with zero attached hydrogens (tertiary/aromatic N) is 2.